The summed E-state index contributed by atoms with van der Waals surface area (Å²) in [4.78, 5) is 17.9. The highest BCUT2D eigenvalue weighted by Crippen LogP contribution is 2.09. The number of amides is 1. The lowest BCUT2D eigenvalue weighted by Crippen LogP contribution is -2.39. The fourth-order valence-corrected chi connectivity index (χ4v) is 1.80. The molecule has 1 amide bonds. The Kier molecular flexibility index (Phi) is 6.09. The van der Waals surface area contributed by atoms with Crippen molar-refractivity contribution in [3.8, 4) is 0 Å². The van der Waals surface area contributed by atoms with Crippen LogP contribution >= 0.6 is 11.6 Å². The largest absolute Gasteiger partial charge is 0.353 e. The van der Waals surface area contributed by atoms with Gasteiger partial charge in [-0.25, -0.2) is 0 Å². The van der Waals surface area contributed by atoms with Gasteiger partial charge in [-0.05, 0) is 32.5 Å². The summed E-state index contributed by atoms with van der Waals surface area (Å²) in [7, 11) is 0. The van der Waals surface area contributed by atoms with Gasteiger partial charge < -0.3 is 5.32 Å². The lowest BCUT2D eigenvalue weighted by Gasteiger charge is -2.20. The Bertz CT molecular complexity index is 396. The van der Waals surface area contributed by atoms with Gasteiger partial charge in [0.2, 0.25) is 5.91 Å². The van der Waals surface area contributed by atoms with Gasteiger partial charge in [0, 0.05) is 23.8 Å². The zero-order chi connectivity index (χ0) is 13.5. The summed E-state index contributed by atoms with van der Waals surface area (Å²) in [6.45, 7) is 7.72. The molecule has 1 heterocycles. The number of hydrogen-bond acceptors (Lipinski definition) is 3. The molecule has 0 saturated carbocycles. The van der Waals surface area contributed by atoms with Crippen LogP contribution in [-0.4, -0.2) is 34.9 Å². The molecule has 1 aromatic rings. The zero-order valence-electron chi connectivity index (χ0n) is 11.1. The van der Waals surface area contributed by atoms with Crippen molar-refractivity contribution in [2.45, 2.75) is 33.4 Å². The predicted molar refractivity (Wildman–Crippen MR) is 73.5 cm³/mol. The Morgan fingerprint density at radius 2 is 2.28 bits per heavy atom. The van der Waals surface area contributed by atoms with Crippen LogP contribution in [0.4, 0.5) is 0 Å². The second-order valence-corrected chi connectivity index (χ2v) is 4.93. The van der Waals surface area contributed by atoms with Gasteiger partial charge in [0.05, 0.1) is 12.2 Å². The topological polar surface area (TPSA) is 45.2 Å². The molecule has 0 unspecified atom stereocenters. The maximum atomic E-state index is 11.7. The number of carbonyl (C=O) groups excluding carboxylic acids is 1. The molecule has 0 aromatic carbocycles. The first-order chi connectivity index (χ1) is 8.51. The maximum absolute atomic E-state index is 11.7. The van der Waals surface area contributed by atoms with E-state index in [1.54, 1.807) is 12.3 Å². The first kappa shape index (κ1) is 14.9. The number of nitrogens with zero attached hydrogens (tertiary/aromatic N) is 2. The first-order valence-electron chi connectivity index (χ1n) is 6.13. The van der Waals surface area contributed by atoms with E-state index in [2.05, 4.69) is 10.3 Å². The van der Waals surface area contributed by atoms with Gasteiger partial charge in [-0.3, -0.25) is 14.7 Å². The molecule has 0 aliphatic heterocycles. The monoisotopic (exact) mass is 269 g/mol. The summed E-state index contributed by atoms with van der Waals surface area (Å²) in [6.07, 6.45) is 1.68. The highest BCUT2D eigenvalue weighted by Gasteiger charge is 2.11. The third kappa shape index (κ3) is 5.47. The lowest BCUT2D eigenvalue weighted by molar-refractivity contribution is -0.122. The van der Waals surface area contributed by atoms with Gasteiger partial charge in [0.25, 0.3) is 0 Å². The minimum Gasteiger partial charge on any atom is -0.353 e. The van der Waals surface area contributed by atoms with Crippen LogP contribution in [0, 0.1) is 0 Å². The number of rotatable bonds is 6. The molecule has 0 aliphatic rings. The summed E-state index contributed by atoms with van der Waals surface area (Å²) < 4.78 is 0. The Hall–Kier alpha value is -1.13. The quantitative estimate of drug-likeness (QED) is 0.860. The van der Waals surface area contributed by atoms with Gasteiger partial charge in [0.15, 0.2) is 0 Å². The molecule has 1 rings (SSSR count). The Morgan fingerprint density at radius 3 is 2.83 bits per heavy atom. The Labute approximate surface area is 113 Å². The Balaban J connectivity index is 2.54. The molecular weight excluding hydrogens is 250 g/mol. The van der Waals surface area contributed by atoms with Crippen LogP contribution in [0.5, 0.6) is 0 Å². The molecule has 0 atom stereocenters. The van der Waals surface area contributed by atoms with E-state index in [-0.39, 0.29) is 11.9 Å². The molecule has 0 saturated heterocycles. The molecule has 100 valence electrons. The molecule has 0 radical (unpaired) electrons. The van der Waals surface area contributed by atoms with E-state index < -0.39 is 0 Å². The predicted octanol–water partition coefficient (Wildman–Crippen LogP) is 2.08. The highest BCUT2D eigenvalue weighted by molar-refractivity contribution is 6.30. The van der Waals surface area contributed by atoms with E-state index in [4.69, 9.17) is 11.6 Å². The van der Waals surface area contributed by atoms with Gasteiger partial charge in [-0.1, -0.05) is 18.5 Å². The number of nitrogens with one attached hydrogen (secondary N) is 1. The second-order valence-electron chi connectivity index (χ2n) is 4.49. The van der Waals surface area contributed by atoms with Crippen LogP contribution in [0.3, 0.4) is 0 Å². The molecular formula is C13H20ClN3O. The molecule has 5 heteroatoms. The van der Waals surface area contributed by atoms with E-state index in [1.165, 1.54) is 0 Å². The third-order valence-electron chi connectivity index (χ3n) is 2.43. The van der Waals surface area contributed by atoms with Crippen molar-refractivity contribution in [3.63, 3.8) is 0 Å². The van der Waals surface area contributed by atoms with E-state index in [0.717, 1.165) is 12.2 Å². The summed E-state index contributed by atoms with van der Waals surface area (Å²) >= 11 is 5.91. The maximum Gasteiger partial charge on any atom is 0.234 e. The summed E-state index contributed by atoms with van der Waals surface area (Å²) in [5.41, 5.74) is 0.877. The van der Waals surface area contributed by atoms with Gasteiger partial charge in [-0.2, -0.15) is 0 Å². The number of pyridine rings is 1. The minimum absolute atomic E-state index is 0.0360. The summed E-state index contributed by atoms with van der Waals surface area (Å²) in [5, 5.41) is 3.55. The molecule has 1 N–H and O–H groups in total. The second kappa shape index (κ2) is 7.34. The van der Waals surface area contributed by atoms with Crippen molar-refractivity contribution in [1.82, 2.24) is 15.2 Å². The highest BCUT2D eigenvalue weighted by atomic mass is 35.5. The fourth-order valence-electron chi connectivity index (χ4n) is 1.61. The number of halogens is 1. The molecule has 1 aromatic heterocycles. The van der Waals surface area contributed by atoms with Gasteiger partial charge in [-0.15, -0.1) is 0 Å². The van der Waals surface area contributed by atoms with Crippen molar-refractivity contribution < 1.29 is 4.79 Å². The summed E-state index contributed by atoms with van der Waals surface area (Å²) in [6, 6.07) is 3.73. The molecule has 0 fully saturated rings. The van der Waals surface area contributed by atoms with Gasteiger partial charge >= 0.3 is 0 Å². The van der Waals surface area contributed by atoms with Crippen LogP contribution in [0.2, 0.25) is 5.02 Å². The van der Waals surface area contributed by atoms with E-state index >= 15 is 0 Å². The summed E-state index contributed by atoms with van der Waals surface area (Å²) in [5.74, 6) is 0.0360. The standard InChI is InChI=1S/C13H20ClN3O/c1-4-17(9-13(18)16-10(2)3)8-12-7-11(14)5-6-15-12/h5-7,10H,4,8-9H2,1-3H3,(H,16,18). The third-order valence-corrected chi connectivity index (χ3v) is 2.66. The number of likely N-dealkylation sites (N-methyl/N-ethyl adjacent to an activating group) is 1. The SMILES string of the molecule is CCN(CC(=O)NC(C)C)Cc1cc(Cl)ccn1. The molecule has 18 heavy (non-hydrogen) atoms. The number of hydrogen-bond donors (Lipinski definition) is 1. The first-order valence-corrected chi connectivity index (χ1v) is 6.51. The van der Waals surface area contributed by atoms with Crippen molar-refractivity contribution in [2.75, 3.05) is 13.1 Å². The van der Waals surface area contributed by atoms with Crippen LogP contribution < -0.4 is 5.32 Å². The van der Waals surface area contributed by atoms with Crippen LogP contribution in [-0.2, 0) is 11.3 Å². The van der Waals surface area contributed by atoms with Crippen molar-refractivity contribution >= 4 is 17.5 Å². The van der Waals surface area contributed by atoms with E-state index in [9.17, 15) is 4.79 Å². The smallest absolute Gasteiger partial charge is 0.234 e. The van der Waals surface area contributed by atoms with E-state index in [1.807, 2.05) is 31.7 Å². The average molecular weight is 270 g/mol. The van der Waals surface area contributed by atoms with Gasteiger partial charge in [0.1, 0.15) is 0 Å². The normalized spacial score (nSPS) is 11.0. The van der Waals surface area contributed by atoms with Crippen LogP contribution in [0.15, 0.2) is 18.3 Å². The molecule has 4 nitrogen and oxygen atoms in total. The van der Waals surface area contributed by atoms with Crippen molar-refractivity contribution in [3.05, 3.63) is 29.0 Å². The average Bonchev–Trinajstić information content (AvgIpc) is 2.27. The minimum atomic E-state index is 0.0360. The van der Waals surface area contributed by atoms with Crippen LogP contribution in [0.1, 0.15) is 26.5 Å². The van der Waals surface area contributed by atoms with Crippen molar-refractivity contribution in [2.24, 2.45) is 0 Å². The van der Waals surface area contributed by atoms with E-state index in [0.29, 0.717) is 18.1 Å². The molecule has 0 spiro atoms. The number of carbonyl (C=O) groups is 1. The van der Waals surface area contributed by atoms with Crippen LogP contribution in [0.25, 0.3) is 0 Å². The number of aromatic nitrogens is 1. The lowest BCUT2D eigenvalue weighted by atomic mass is 10.3. The molecule has 0 aliphatic carbocycles. The zero-order valence-corrected chi connectivity index (χ0v) is 11.9. The fraction of sp³-hybridized carbons (Fsp3) is 0.538. The Morgan fingerprint density at radius 1 is 1.56 bits per heavy atom. The van der Waals surface area contributed by atoms with Crippen molar-refractivity contribution in [1.29, 1.82) is 0 Å². The molecule has 0 bridgehead atoms.